The number of amides is 3. The molecule has 0 bridgehead atoms. The zero-order valence-corrected chi connectivity index (χ0v) is 19.4. The molecule has 1 N–H and O–H groups in total. The highest BCUT2D eigenvalue weighted by molar-refractivity contribution is 5.97. The number of anilines is 1. The molecule has 1 aliphatic rings. The minimum Gasteiger partial charge on any atom is -0.497 e. The standard InChI is InChI=1S/C24H29N5O4/c1-27(24(31)26-19-14-17(32-3)8-10-21(19)33-4)15-22-25-18-13-16(7-9-20(18)28(22)2)23(30)29-11-5-6-12-29/h7-10,13-14H,5-6,11-12,15H2,1-4H3,(H,26,31). The van der Waals surface area contributed by atoms with Crippen molar-refractivity contribution in [2.24, 2.45) is 7.05 Å². The number of carbonyl (C=O) groups is 2. The molecule has 174 valence electrons. The van der Waals surface area contributed by atoms with Crippen LogP contribution >= 0.6 is 0 Å². The second-order valence-electron chi connectivity index (χ2n) is 8.14. The molecule has 33 heavy (non-hydrogen) atoms. The first kappa shape index (κ1) is 22.4. The van der Waals surface area contributed by atoms with Crippen molar-refractivity contribution in [1.82, 2.24) is 19.4 Å². The Bertz CT molecular complexity index is 1180. The number of hydrogen-bond acceptors (Lipinski definition) is 5. The molecule has 1 aliphatic heterocycles. The van der Waals surface area contributed by atoms with Crippen LogP contribution in [0, 0.1) is 0 Å². The minimum absolute atomic E-state index is 0.0466. The first-order chi connectivity index (χ1) is 15.9. The number of likely N-dealkylation sites (tertiary alicyclic amines) is 1. The molecule has 3 amide bonds. The van der Waals surface area contributed by atoms with E-state index in [9.17, 15) is 9.59 Å². The van der Waals surface area contributed by atoms with Gasteiger partial charge in [-0.15, -0.1) is 0 Å². The minimum atomic E-state index is -0.307. The lowest BCUT2D eigenvalue weighted by Gasteiger charge is -2.19. The summed E-state index contributed by atoms with van der Waals surface area (Å²) in [4.78, 5) is 33.7. The van der Waals surface area contributed by atoms with Gasteiger partial charge in [-0.1, -0.05) is 0 Å². The Morgan fingerprint density at radius 3 is 2.55 bits per heavy atom. The lowest BCUT2D eigenvalue weighted by Crippen LogP contribution is -2.31. The summed E-state index contributed by atoms with van der Waals surface area (Å²) in [5.41, 5.74) is 2.81. The average Bonchev–Trinajstić information content (AvgIpc) is 3.47. The molecule has 1 aromatic heterocycles. The van der Waals surface area contributed by atoms with Crippen LogP contribution in [0.25, 0.3) is 11.0 Å². The van der Waals surface area contributed by atoms with E-state index in [2.05, 4.69) is 5.32 Å². The smallest absolute Gasteiger partial charge is 0.322 e. The molecular weight excluding hydrogens is 422 g/mol. The number of nitrogens with one attached hydrogen (secondary N) is 1. The van der Waals surface area contributed by atoms with Crippen molar-refractivity contribution < 1.29 is 19.1 Å². The Labute approximate surface area is 192 Å². The summed E-state index contributed by atoms with van der Waals surface area (Å²) in [6, 6.07) is 10.5. The van der Waals surface area contributed by atoms with Gasteiger partial charge in [0.05, 0.1) is 37.5 Å². The maximum Gasteiger partial charge on any atom is 0.322 e. The van der Waals surface area contributed by atoms with Crippen LogP contribution in [-0.2, 0) is 13.6 Å². The van der Waals surface area contributed by atoms with E-state index in [4.69, 9.17) is 14.5 Å². The second kappa shape index (κ2) is 9.40. The van der Waals surface area contributed by atoms with Crippen LogP contribution in [0.15, 0.2) is 36.4 Å². The summed E-state index contributed by atoms with van der Waals surface area (Å²) in [6.45, 7) is 1.91. The molecule has 0 aliphatic carbocycles. The zero-order chi connectivity index (χ0) is 23.5. The third kappa shape index (κ3) is 4.57. The maximum atomic E-state index is 12.8. The highest BCUT2D eigenvalue weighted by atomic mass is 16.5. The summed E-state index contributed by atoms with van der Waals surface area (Å²) in [5, 5.41) is 2.86. The van der Waals surface area contributed by atoms with Crippen LogP contribution in [-0.4, -0.2) is 65.6 Å². The third-order valence-electron chi connectivity index (χ3n) is 5.99. The van der Waals surface area contributed by atoms with Gasteiger partial charge >= 0.3 is 6.03 Å². The number of ether oxygens (including phenoxy) is 2. The van der Waals surface area contributed by atoms with Crippen molar-refractivity contribution >= 4 is 28.7 Å². The van der Waals surface area contributed by atoms with Gasteiger partial charge < -0.3 is 29.2 Å². The topological polar surface area (TPSA) is 88.9 Å². The Morgan fingerprint density at radius 1 is 1.09 bits per heavy atom. The van der Waals surface area contributed by atoms with Crippen LogP contribution in [0.5, 0.6) is 11.5 Å². The van der Waals surface area contributed by atoms with Gasteiger partial charge in [0, 0.05) is 38.8 Å². The third-order valence-corrected chi connectivity index (χ3v) is 5.99. The molecule has 0 saturated carbocycles. The number of aromatic nitrogens is 2. The largest absolute Gasteiger partial charge is 0.497 e. The summed E-state index contributed by atoms with van der Waals surface area (Å²) < 4.78 is 12.5. The number of nitrogens with zero attached hydrogens (tertiary/aromatic N) is 4. The molecule has 1 saturated heterocycles. The van der Waals surface area contributed by atoms with E-state index in [0.29, 0.717) is 35.1 Å². The number of methoxy groups -OCH3 is 2. The maximum absolute atomic E-state index is 12.8. The summed E-state index contributed by atoms with van der Waals surface area (Å²) in [6.07, 6.45) is 2.11. The van der Waals surface area contributed by atoms with Gasteiger partial charge in [-0.25, -0.2) is 9.78 Å². The van der Waals surface area contributed by atoms with Crippen LogP contribution in [0.2, 0.25) is 0 Å². The predicted molar refractivity (Wildman–Crippen MR) is 126 cm³/mol. The van der Waals surface area contributed by atoms with Crippen molar-refractivity contribution in [1.29, 1.82) is 0 Å². The van der Waals surface area contributed by atoms with Gasteiger partial charge in [-0.2, -0.15) is 0 Å². The van der Waals surface area contributed by atoms with Gasteiger partial charge in [-0.05, 0) is 43.2 Å². The summed E-state index contributed by atoms with van der Waals surface area (Å²) in [5.74, 6) is 1.91. The fourth-order valence-electron chi connectivity index (χ4n) is 4.03. The lowest BCUT2D eigenvalue weighted by molar-refractivity contribution is 0.0793. The van der Waals surface area contributed by atoms with E-state index in [-0.39, 0.29) is 11.9 Å². The van der Waals surface area contributed by atoms with E-state index in [1.165, 1.54) is 4.90 Å². The van der Waals surface area contributed by atoms with Crippen molar-refractivity contribution in [3.63, 3.8) is 0 Å². The monoisotopic (exact) mass is 451 g/mol. The number of carbonyl (C=O) groups excluding carboxylic acids is 2. The number of urea groups is 1. The second-order valence-corrected chi connectivity index (χ2v) is 8.14. The number of fused-ring (bicyclic) bond motifs is 1. The molecule has 9 nitrogen and oxygen atoms in total. The molecule has 3 aromatic rings. The van der Waals surface area contributed by atoms with Gasteiger partial charge in [0.1, 0.15) is 17.3 Å². The van der Waals surface area contributed by atoms with Gasteiger partial charge in [0.25, 0.3) is 5.91 Å². The number of rotatable bonds is 6. The van der Waals surface area contributed by atoms with Crippen molar-refractivity contribution in [2.75, 3.05) is 39.7 Å². The average molecular weight is 452 g/mol. The Kier molecular flexibility index (Phi) is 6.39. The molecule has 0 radical (unpaired) electrons. The van der Waals surface area contributed by atoms with Gasteiger partial charge in [0.2, 0.25) is 0 Å². The highest BCUT2D eigenvalue weighted by Crippen LogP contribution is 2.29. The molecule has 2 aromatic carbocycles. The van der Waals surface area contributed by atoms with Crippen molar-refractivity contribution in [3.8, 4) is 11.5 Å². The Morgan fingerprint density at radius 2 is 1.85 bits per heavy atom. The quantitative estimate of drug-likeness (QED) is 0.620. The Balaban J connectivity index is 1.50. The number of benzene rings is 2. The molecule has 0 spiro atoms. The van der Waals surface area contributed by atoms with Crippen LogP contribution in [0.1, 0.15) is 29.0 Å². The van der Waals surface area contributed by atoms with Crippen LogP contribution in [0.4, 0.5) is 10.5 Å². The highest BCUT2D eigenvalue weighted by Gasteiger charge is 2.21. The van der Waals surface area contributed by atoms with Gasteiger partial charge in [-0.3, -0.25) is 4.79 Å². The van der Waals surface area contributed by atoms with E-state index in [0.717, 1.165) is 37.0 Å². The number of aryl methyl sites for hydroxylation is 1. The van der Waals surface area contributed by atoms with E-state index in [1.54, 1.807) is 39.5 Å². The molecule has 2 heterocycles. The van der Waals surface area contributed by atoms with Crippen molar-refractivity contribution in [2.45, 2.75) is 19.4 Å². The van der Waals surface area contributed by atoms with Gasteiger partial charge in [0.15, 0.2) is 0 Å². The first-order valence-corrected chi connectivity index (χ1v) is 10.9. The van der Waals surface area contributed by atoms with Crippen LogP contribution < -0.4 is 14.8 Å². The molecule has 0 unspecified atom stereocenters. The fraction of sp³-hybridized carbons (Fsp3) is 0.375. The lowest BCUT2D eigenvalue weighted by atomic mass is 10.2. The molecule has 9 heteroatoms. The summed E-state index contributed by atoms with van der Waals surface area (Å²) >= 11 is 0. The molecule has 0 atom stereocenters. The molecule has 1 fully saturated rings. The predicted octanol–water partition coefficient (Wildman–Crippen LogP) is 3.49. The normalized spacial score (nSPS) is 13.3. The van der Waals surface area contributed by atoms with E-state index >= 15 is 0 Å². The fourth-order valence-corrected chi connectivity index (χ4v) is 4.03. The van der Waals surface area contributed by atoms with E-state index < -0.39 is 0 Å². The molecular formula is C24H29N5O4. The number of imidazole rings is 1. The van der Waals surface area contributed by atoms with Crippen LogP contribution in [0.3, 0.4) is 0 Å². The Hall–Kier alpha value is -3.75. The summed E-state index contributed by atoms with van der Waals surface area (Å²) in [7, 11) is 6.71. The zero-order valence-electron chi connectivity index (χ0n) is 19.4. The van der Waals surface area contributed by atoms with Crippen molar-refractivity contribution in [3.05, 3.63) is 47.8 Å². The van der Waals surface area contributed by atoms with E-state index in [1.807, 2.05) is 34.7 Å². The first-order valence-electron chi connectivity index (χ1n) is 10.9. The molecule has 4 rings (SSSR count). The SMILES string of the molecule is COc1ccc(OC)c(NC(=O)N(C)Cc2nc3cc(C(=O)N4CCCC4)ccc3n2C)c1. The number of hydrogen-bond donors (Lipinski definition) is 1.